The maximum Gasteiger partial charge on any atom is 0.140 e. The van der Waals surface area contributed by atoms with Gasteiger partial charge in [-0.05, 0) is 44.7 Å². The van der Waals surface area contributed by atoms with Gasteiger partial charge in [-0.25, -0.2) is 4.98 Å². The average Bonchev–Trinajstić information content (AvgIpc) is 3.20. The number of benzene rings is 1. The van der Waals surface area contributed by atoms with Crippen LogP contribution < -0.4 is 10.1 Å². The van der Waals surface area contributed by atoms with E-state index in [0.717, 1.165) is 29.0 Å². The molecule has 0 saturated heterocycles. The van der Waals surface area contributed by atoms with Gasteiger partial charge in [-0.15, -0.1) is 11.3 Å². The topological polar surface area (TPSA) is 34.1 Å². The van der Waals surface area contributed by atoms with Gasteiger partial charge in [0.05, 0.1) is 5.69 Å². The number of hydrogen-bond donors (Lipinski definition) is 1. The highest BCUT2D eigenvalue weighted by molar-refractivity contribution is 7.11. The number of hydrogen-bond acceptors (Lipinski definition) is 4. The van der Waals surface area contributed by atoms with E-state index in [2.05, 4.69) is 49.3 Å². The van der Waals surface area contributed by atoms with Crippen molar-refractivity contribution in [2.45, 2.75) is 52.8 Å². The maximum absolute atomic E-state index is 5.99. The van der Waals surface area contributed by atoms with Gasteiger partial charge >= 0.3 is 0 Å². The summed E-state index contributed by atoms with van der Waals surface area (Å²) in [5.41, 5.74) is 3.49. The molecule has 1 saturated carbocycles. The highest BCUT2D eigenvalue weighted by atomic mass is 32.1. The van der Waals surface area contributed by atoms with Crippen LogP contribution in [-0.4, -0.2) is 11.0 Å². The summed E-state index contributed by atoms with van der Waals surface area (Å²) in [4.78, 5) is 5.97. The first-order valence-corrected chi connectivity index (χ1v) is 8.32. The molecule has 1 fully saturated rings. The zero-order chi connectivity index (χ0) is 14.8. The standard InChI is InChI=1S/C17H22N2OS/c1-11-5-4-6-12(2)17(11)20-10-16-19-13(3)15(21-16)9-18-14-7-8-14/h4-6,14,18H,7-10H2,1-3H3. The summed E-state index contributed by atoms with van der Waals surface area (Å²) in [6.07, 6.45) is 2.64. The van der Waals surface area contributed by atoms with E-state index in [9.17, 15) is 0 Å². The average molecular weight is 302 g/mol. The molecule has 3 rings (SSSR count). The highest BCUT2D eigenvalue weighted by Crippen LogP contribution is 2.26. The minimum Gasteiger partial charge on any atom is -0.486 e. The minimum atomic E-state index is 0.556. The van der Waals surface area contributed by atoms with Crippen molar-refractivity contribution in [2.75, 3.05) is 0 Å². The lowest BCUT2D eigenvalue weighted by molar-refractivity contribution is 0.301. The Balaban J connectivity index is 1.63. The van der Waals surface area contributed by atoms with Crippen LogP contribution in [0.5, 0.6) is 5.75 Å². The highest BCUT2D eigenvalue weighted by Gasteiger charge is 2.21. The Labute approximate surface area is 130 Å². The number of nitrogens with one attached hydrogen (secondary N) is 1. The quantitative estimate of drug-likeness (QED) is 0.879. The second kappa shape index (κ2) is 6.16. The Hall–Kier alpha value is -1.39. The Bertz CT molecular complexity index is 611. The molecule has 0 unspecified atom stereocenters. The molecule has 2 aromatic rings. The van der Waals surface area contributed by atoms with Crippen molar-refractivity contribution < 1.29 is 4.74 Å². The summed E-state index contributed by atoms with van der Waals surface area (Å²) < 4.78 is 5.99. The van der Waals surface area contributed by atoms with Gasteiger partial charge in [-0.2, -0.15) is 0 Å². The van der Waals surface area contributed by atoms with E-state index in [1.807, 2.05) is 0 Å². The molecule has 0 radical (unpaired) electrons. The predicted octanol–water partition coefficient (Wildman–Crippen LogP) is 3.90. The summed E-state index contributed by atoms with van der Waals surface area (Å²) in [5.74, 6) is 0.989. The summed E-state index contributed by atoms with van der Waals surface area (Å²) in [6, 6.07) is 6.97. The first-order valence-electron chi connectivity index (χ1n) is 7.51. The lowest BCUT2D eigenvalue weighted by atomic mass is 10.1. The fourth-order valence-electron chi connectivity index (χ4n) is 2.40. The van der Waals surface area contributed by atoms with Gasteiger partial charge in [-0.3, -0.25) is 0 Å². The van der Waals surface area contributed by atoms with Gasteiger partial charge in [-0.1, -0.05) is 18.2 Å². The molecule has 1 aromatic carbocycles. The van der Waals surface area contributed by atoms with E-state index in [4.69, 9.17) is 4.74 Å². The second-order valence-electron chi connectivity index (χ2n) is 5.78. The number of aromatic nitrogens is 1. The van der Waals surface area contributed by atoms with Crippen molar-refractivity contribution in [2.24, 2.45) is 0 Å². The number of para-hydroxylation sites is 1. The first-order chi connectivity index (χ1) is 10.1. The lowest BCUT2D eigenvalue weighted by Crippen LogP contribution is -2.14. The van der Waals surface area contributed by atoms with Crippen LogP contribution in [0.1, 0.15) is 39.5 Å². The molecule has 4 heteroatoms. The Kier molecular flexibility index (Phi) is 4.27. The predicted molar refractivity (Wildman–Crippen MR) is 87.0 cm³/mol. The van der Waals surface area contributed by atoms with Crippen molar-refractivity contribution in [3.05, 3.63) is 44.9 Å². The van der Waals surface area contributed by atoms with Crippen molar-refractivity contribution in [1.29, 1.82) is 0 Å². The maximum atomic E-state index is 5.99. The van der Waals surface area contributed by atoms with E-state index in [0.29, 0.717) is 6.61 Å². The summed E-state index contributed by atoms with van der Waals surface area (Å²) >= 11 is 1.76. The van der Waals surface area contributed by atoms with Gasteiger partial charge in [0.15, 0.2) is 0 Å². The monoisotopic (exact) mass is 302 g/mol. The Morgan fingerprint density at radius 2 is 1.95 bits per heavy atom. The SMILES string of the molecule is Cc1cccc(C)c1OCc1nc(C)c(CNC2CC2)s1. The van der Waals surface area contributed by atoms with Crippen LogP contribution in [0.3, 0.4) is 0 Å². The van der Waals surface area contributed by atoms with Crippen LogP contribution in [0.2, 0.25) is 0 Å². The Morgan fingerprint density at radius 3 is 2.62 bits per heavy atom. The molecule has 112 valence electrons. The van der Waals surface area contributed by atoms with Crippen molar-refractivity contribution in [3.63, 3.8) is 0 Å². The van der Waals surface area contributed by atoms with Crippen LogP contribution in [0, 0.1) is 20.8 Å². The Morgan fingerprint density at radius 1 is 1.24 bits per heavy atom. The third-order valence-electron chi connectivity index (χ3n) is 3.81. The third kappa shape index (κ3) is 3.63. The molecule has 0 atom stereocenters. The van der Waals surface area contributed by atoms with Crippen molar-refractivity contribution >= 4 is 11.3 Å². The van der Waals surface area contributed by atoms with Crippen LogP contribution in [-0.2, 0) is 13.2 Å². The lowest BCUT2D eigenvalue weighted by Gasteiger charge is -2.10. The van der Waals surface area contributed by atoms with Crippen LogP contribution in [0.4, 0.5) is 0 Å². The van der Waals surface area contributed by atoms with Crippen molar-refractivity contribution in [1.82, 2.24) is 10.3 Å². The van der Waals surface area contributed by atoms with Crippen LogP contribution >= 0.6 is 11.3 Å². The molecule has 0 aliphatic heterocycles. The summed E-state index contributed by atoms with van der Waals surface area (Å²) in [5, 5.41) is 4.61. The zero-order valence-electron chi connectivity index (χ0n) is 12.9. The summed E-state index contributed by atoms with van der Waals surface area (Å²) in [6.45, 7) is 7.75. The zero-order valence-corrected chi connectivity index (χ0v) is 13.7. The molecule has 3 nitrogen and oxygen atoms in total. The van der Waals surface area contributed by atoms with Crippen LogP contribution in [0.15, 0.2) is 18.2 Å². The molecule has 1 heterocycles. The fourth-order valence-corrected chi connectivity index (χ4v) is 3.33. The minimum absolute atomic E-state index is 0.556. The van der Waals surface area contributed by atoms with E-state index in [1.54, 1.807) is 11.3 Å². The number of ether oxygens (including phenoxy) is 1. The van der Waals surface area contributed by atoms with Gasteiger partial charge in [0, 0.05) is 17.5 Å². The molecule has 1 N–H and O–H groups in total. The van der Waals surface area contributed by atoms with E-state index >= 15 is 0 Å². The number of aryl methyl sites for hydroxylation is 3. The third-order valence-corrected chi connectivity index (χ3v) is 4.95. The van der Waals surface area contributed by atoms with E-state index in [1.165, 1.54) is 28.8 Å². The second-order valence-corrected chi connectivity index (χ2v) is 6.95. The smallest absolute Gasteiger partial charge is 0.140 e. The van der Waals surface area contributed by atoms with E-state index in [-0.39, 0.29) is 0 Å². The fraction of sp³-hybridized carbons (Fsp3) is 0.471. The largest absolute Gasteiger partial charge is 0.486 e. The van der Waals surface area contributed by atoms with Crippen molar-refractivity contribution in [3.8, 4) is 5.75 Å². The number of thiazole rings is 1. The molecule has 1 aliphatic rings. The van der Waals surface area contributed by atoms with Gasteiger partial charge in [0.25, 0.3) is 0 Å². The van der Waals surface area contributed by atoms with E-state index < -0.39 is 0 Å². The van der Waals surface area contributed by atoms with Crippen LogP contribution in [0.25, 0.3) is 0 Å². The molecule has 1 aliphatic carbocycles. The van der Waals surface area contributed by atoms with Gasteiger partial charge < -0.3 is 10.1 Å². The molecule has 0 amide bonds. The summed E-state index contributed by atoms with van der Waals surface area (Å²) in [7, 11) is 0. The number of nitrogens with zero attached hydrogens (tertiary/aromatic N) is 1. The first kappa shape index (κ1) is 14.5. The molecule has 21 heavy (non-hydrogen) atoms. The molecular formula is C17H22N2OS. The molecule has 1 aromatic heterocycles. The van der Waals surface area contributed by atoms with Gasteiger partial charge in [0.1, 0.15) is 17.4 Å². The number of rotatable bonds is 6. The van der Waals surface area contributed by atoms with Gasteiger partial charge in [0.2, 0.25) is 0 Å². The molecule has 0 bridgehead atoms. The molecular weight excluding hydrogens is 280 g/mol. The molecule has 0 spiro atoms. The normalized spacial score (nSPS) is 14.4.